The minimum Gasteiger partial charge on any atom is -0.339 e. The molecule has 4 heteroatoms. The van der Waals surface area contributed by atoms with Crippen LogP contribution in [0.25, 0.3) is 0 Å². The molecule has 3 nitrogen and oxygen atoms in total. The van der Waals surface area contributed by atoms with E-state index in [1.54, 1.807) is 6.20 Å². The van der Waals surface area contributed by atoms with Gasteiger partial charge < -0.3 is 5.32 Å². The molecule has 0 aliphatic heterocycles. The van der Waals surface area contributed by atoms with Gasteiger partial charge in [0.25, 0.3) is 0 Å². The number of halogens is 1. The first kappa shape index (κ1) is 11.9. The van der Waals surface area contributed by atoms with E-state index in [1.807, 2.05) is 12.1 Å². The van der Waals surface area contributed by atoms with E-state index >= 15 is 0 Å². The van der Waals surface area contributed by atoms with E-state index in [0.29, 0.717) is 16.9 Å². The average molecular weight is 248 g/mol. The highest BCUT2D eigenvalue weighted by atomic mass is 35.5. The number of aromatic nitrogens is 2. The van der Waals surface area contributed by atoms with Gasteiger partial charge in [0.2, 0.25) is 0 Å². The topological polar surface area (TPSA) is 37.8 Å². The van der Waals surface area contributed by atoms with Gasteiger partial charge in [0.1, 0.15) is 5.15 Å². The largest absolute Gasteiger partial charge is 0.339 e. The summed E-state index contributed by atoms with van der Waals surface area (Å²) in [5, 5.41) is 3.57. The molecule has 0 spiro atoms. The van der Waals surface area contributed by atoms with E-state index < -0.39 is 0 Å². The molecule has 0 atom stereocenters. The van der Waals surface area contributed by atoms with Gasteiger partial charge in [-0.25, -0.2) is 4.98 Å². The Kier molecular flexibility index (Phi) is 3.59. The molecule has 1 heterocycles. The zero-order valence-electron chi connectivity index (χ0n) is 9.81. The quantitative estimate of drug-likeness (QED) is 0.891. The fourth-order valence-electron chi connectivity index (χ4n) is 1.53. The lowest BCUT2D eigenvalue weighted by Gasteiger charge is -2.09. The molecule has 88 valence electrons. The molecular weight excluding hydrogens is 234 g/mol. The van der Waals surface area contributed by atoms with Crippen LogP contribution in [0.5, 0.6) is 0 Å². The molecular formula is C13H14ClN3. The van der Waals surface area contributed by atoms with Crippen molar-refractivity contribution in [3.63, 3.8) is 0 Å². The van der Waals surface area contributed by atoms with Gasteiger partial charge in [0, 0.05) is 5.69 Å². The highest BCUT2D eigenvalue weighted by Crippen LogP contribution is 2.21. The van der Waals surface area contributed by atoms with Crippen molar-refractivity contribution in [1.82, 2.24) is 9.97 Å². The van der Waals surface area contributed by atoms with Crippen molar-refractivity contribution in [2.45, 2.75) is 19.8 Å². The van der Waals surface area contributed by atoms with E-state index in [2.05, 4.69) is 41.3 Å². The molecule has 1 aromatic heterocycles. The lowest BCUT2D eigenvalue weighted by Crippen LogP contribution is -1.96. The van der Waals surface area contributed by atoms with E-state index in [4.69, 9.17) is 11.6 Å². The minimum absolute atomic E-state index is 0.384. The minimum atomic E-state index is 0.384. The molecule has 0 bridgehead atoms. The Labute approximate surface area is 106 Å². The highest BCUT2D eigenvalue weighted by molar-refractivity contribution is 6.29. The Balaban J connectivity index is 2.21. The first-order valence-electron chi connectivity index (χ1n) is 5.49. The third kappa shape index (κ3) is 3.17. The molecule has 0 saturated heterocycles. The van der Waals surface area contributed by atoms with E-state index in [1.165, 1.54) is 11.8 Å². The molecule has 2 aromatic rings. The second kappa shape index (κ2) is 5.15. The Bertz CT molecular complexity index is 512. The Morgan fingerprint density at radius 3 is 2.76 bits per heavy atom. The van der Waals surface area contributed by atoms with Gasteiger partial charge in [-0.3, -0.25) is 4.98 Å². The molecule has 0 radical (unpaired) electrons. The molecule has 1 aromatic carbocycles. The summed E-state index contributed by atoms with van der Waals surface area (Å²) in [7, 11) is 0. The van der Waals surface area contributed by atoms with Crippen LogP contribution in [0.15, 0.2) is 36.7 Å². The van der Waals surface area contributed by atoms with Crippen molar-refractivity contribution in [3.05, 3.63) is 47.4 Å². The Morgan fingerprint density at radius 1 is 1.24 bits per heavy atom. The Morgan fingerprint density at radius 2 is 2.06 bits per heavy atom. The summed E-state index contributed by atoms with van der Waals surface area (Å²) in [5.41, 5.74) is 2.28. The SMILES string of the molecule is CC(C)c1cccc(Nc2cncc(Cl)n2)c1. The van der Waals surface area contributed by atoms with Crippen molar-refractivity contribution in [2.24, 2.45) is 0 Å². The van der Waals surface area contributed by atoms with Crippen molar-refractivity contribution < 1.29 is 0 Å². The normalized spacial score (nSPS) is 10.6. The zero-order valence-corrected chi connectivity index (χ0v) is 10.6. The van der Waals surface area contributed by atoms with Crippen LogP contribution >= 0.6 is 11.6 Å². The zero-order chi connectivity index (χ0) is 12.3. The number of benzene rings is 1. The van der Waals surface area contributed by atoms with Gasteiger partial charge in [-0.05, 0) is 23.6 Å². The number of rotatable bonds is 3. The van der Waals surface area contributed by atoms with Crippen LogP contribution in [0.1, 0.15) is 25.3 Å². The summed E-state index contributed by atoms with van der Waals surface area (Å²) in [5.74, 6) is 1.15. The molecule has 1 N–H and O–H groups in total. The van der Waals surface area contributed by atoms with Crippen molar-refractivity contribution in [3.8, 4) is 0 Å². The lowest BCUT2D eigenvalue weighted by atomic mass is 10.0. The molecule has 0 aliphatic carbocycles. The maximum Gasteiger partial charge on any atom is 0.150 e. The number of hydrogen-bond donors (Lipinski definition) is 1. The fraction of sp³-hybridized carbons (Fsp3) is 0.231. The highest BCUT2D eigenvalue weighted by Gasteiger charge is 2.01. The van der Waals surface area contributed by atoms with Crippen LogP contribution in [0.3, 0.4) is 0 Å². The summed E-state index contributed by atoms with van der Waals surface area (Å²) in [6, 6.07) is 8.23. The Hall–Kier alpha value is -1.61. The number of hydrogen-bond acceptors (Lipinski definition) is 3. The predicted molar refractivity (Wildman–Crippen MR) is 70.9 cm³/mol. The van der Waals surface area contributed by atoms with Gasteiger partial charge in [-0.1, -0.05) is 37.6 Å². The van der Waals surface area contributed by atoms with Crippen molar-refractivity contribution in [1.29, 1.82) is 0 Å². The van der Waals surface area contributed by atoms with E-state index in [0.717, 1.165) is 5.69 Å². The lowest BCUT2D eigenvalue weighted by molar-refractivity contribution is 0.867. The van der Waals surface area contributed by atoms with Crippen LogP contribution in [-0.2, 0) is 0 Å². The monoisotopic (exact) mass is 247 g/mol. The summed E-state index contributed by atoms with van der Waals surface area (Å²) in [6.45, 7) is 4.33. The summed E-state index contributed by atoms with van der Waals surface area (Å²) < 4.78 is 0. The van der Waals surface area contributed by atoms with Crippen LogP contribution in [0.4, 0.5) is 11.5 Å². The van der Waals surface area contributed by atoms with Crippen LogP contribution in [0, 0.1) is 0 Å². The van der Waals surface area contributed by atoms with Crippen molar-refractivity contribution >= 4 is 23.1 Å². The second-order valence-electron chi connectivity index (χ2n) is 4.13. The molecule has 0 unspecified atom stereocenters. The molecule has 0 saturated carbocycles. The third-order valence-corrected chi connectivity index (χ3v) is 2.61. The van der Waals surface area contributed by atoms with Gasteiger partial charge in [0.05, 0.1) is 12.4 Å². The van der Waals surface area contributed by atoms with Gasteiger partial charge in [-0.2, -0.15) is 0 Å². The second-order valence-corrected chi connectivity index (χ2v) is 4.52. The van der Waals surface area contributed by atoms with Gasteiger partial charge in [0.15, 0.2) is 5.82 Å². The van der Waals surface area contributed by atoms with E-state index in [-0.39, 0.29) is 0 Å². The number of nitrogens with zero attached hydrogens (tertiary/aromatic N) is 2. The van der Waals surface area contributed by atoms with Crippen LogP contribution in [0.2, 0.25) is 5.15 Å². The van der Waals surface area contributed by atoms with Gasteiger partial charge in [-0.15, -0.1) is 0 Å². The predicted octanol–water partition coefficient (Wildman–Crippen LogP) is 4.00. The third-order valence-electron chi connectivity index (χ3n) is 2.43. The summed E-state index contributed by atoms with van der Waals surface area (Å²) in [4.78, 5) is 8.12. The summed E-state index contributed by atoms with van der Waals surface area (Å²) >= 11 is 5.78. The molecule has 0 amide bonds. The number of nitrogens with one attached hydrogen (secondary N) is 1. The fourth-order valence-corrected chi connectivity index (χ4v) is 1.67. The van der Waals surface area contributed by atoms with Gasteiger partial charge >= 0.3 is 0 Å². The standard InChI is InChI=1S/C13H14ClN3/c1-9(2)10-4-3-5-11(6-10)16-13-8-15-7-12(14)17-13/h3-9H,1-2H3,(H,16,17). The van der Waals surface area contributed by atoms with Crippen molar-refractivity contribution in [2.75, 3.05) is 5.32 Å². The first-order chi connectivity index (χ1) is 8.15. The maximum absolute atomic E-state index is 5.78. The van der Waals surface area contributed by atoms with E-state index in [9.17, 15) is 0 Å². The summed E-state index contributed by atoms with van der Waals surface area (Å²) in [6.07, 6.45) is 3.16. The van der Waals surface area contributed by atoms with Crippen LogP contribution in [-0.4, -0.2) is 9.97 Å². The average Bonchev–Trinajstić information content (AvgIpc) is 2.29. The first-order valence-corrected chi connectivity index (χ1v) is 5.87. The molecule has 0 fully saturated rings. The molecule has 2 rings (SSSR count). The van der Waals surface area contributed by atoms with Crippen LogP contribution < -0.4 is 5.32 Å². The smallest absolute Gasteiger partial charge is 0.150 e. The number of anilines is 2. The molecule has 17 heavy (non-hydrogen) atoms. The molecule has 0 aliphatic rings. The maximum atomic E-state index is 5.78.